The normalized spacial score (nSPS) is 10.2. The summed E-state index contributed by atoms with van der Waals surface area (Å²) in [7, 11) is 0. The average Bonchev–Trinajstić information content (AvgIpc) is 2.58. The van der Waals surface area contributed by atoms with Crippen molar-refractivity contribution in [3.8, 4) is 0 Å². The number of aryl methyl sites for hydroxylation is 2. The van der Waals surface area contributed by atoms with Crippen LogP contribution in [0.1, 0.15) is 18.1 Å². The lowest BCUT2D eigenvalue weighted by Gasteiger charge is -2.24. The number of anilines is 2. The Bertz CT molecular complexity index is 759. The molecule has 2 rings (SSSR count). The van der Waals surface area contributed by atoms with Crippen molar-refractivity contribution in [1.29, 1.82) is 0 Å². The predicted octanol–water partition coefficient (Wildman–Crippen LogP) is 4.61. The minimum absolute atomic E-state index is 0.109. The summed E-state index contributed by atoms with van der Waals surface area (Å²) in [5.74, 6) is -0.109. The standard InChI is InChI=1S/C19H22ClN3OS/c1-4-23(19(25)21-16-11-6-5-10-15(16)20)12-17(24)22-18-13(2)8-7-9-14(18)3/h5-11H,4,12H2,1-3H3,(H,21,25)(H,22,24). The van der Waals surface area contributed by atoms with Crippen LogP contribution in [0.5, 0.6) is 0 Å². The van der Waals surface area contributed by atoms with Gasteiger partial charge in [-0.3, -0.25) is 4.79 Å². The zero-order valence-electron chi connectivity index (χ0n) is 14.6. The zero-order chi connectivity index (χ0) is 18.4. The third-order valence-electron chi connectivity index (χ3n) is 3.86. The van der Waals surface area contributed by atoms with Crippen molar-refractivity contribution in [2.75, 3.05) is 23.7 Å². The molecule has 0 unspecified atom stereocenters. The SMILES string of the molecule is CCN(CC(=O)Nc1c(C)cccc1C)C(=S)Nc1ccccc1Cl. The van der Waals surface area contributed by atoms with Gasteiger partial charge in [0.15, 0.2) is 5.11 Å². The van der Waals surface area contributed by atoms with Gasteiger partial charge in [-0.15, -0.1) is 0 Å². The molecule has 2 aromatic carbocycles. The highest BCUT2D eigenvalue weighted by Gasteiger charge is 2.15. The number of hydrogen-bond acceptors (Lipinski definition) is 2. The molecule has 0 heterocycles. The Morgan fingerprint density at radius 2 is 1.72 bits per heavy atom. The van der Waals surface area contributed by atoms with Gasteiger partial charge in [0.2, 0.25) is 5.91 Å². The molecule has 0 fully saturated rings. The number of halogens is 1. The lowest BCUT2D eigenvalue weighted by molar-refractivity contribution is -0.116. The van der Waals surface area contributed by atoms with Crippen LogP contribution >= 0.6 is 23.8 Å². The number of nitrogens with one attached hydrogen (secondary N) is 2. The van der Waals surface area contributed by atoms with Crippen LogP contribution < -0.4 is 10.6 Å². The molecule has 0 aromatic heterocycles. The van der Waals surface area contributed by atoms with Crippen LogP contribution in [0, 0.1) is 13.8 Å². The second-order valence-corrected chi connectivity index (χ2v) is 6.53. The van der Waals surface area contributed by atoms with Crippen LogP contribution in [0.4, 0.5) is 11.4 Å². The van der Waals surface area contributed by atoms with Crippen LogP contribution in [0.15, 0.2) is 42.5 Å². The summed E-state index contributed by atoms with van der Waals surface area (Å²) in [4.78, 5) is 14.2. The summed E-state index contributed by atoms with van der Waals surface area (Å²) in [5, 5.41) is 7.13. The van der Waals surface area contributed by atoms with Gasteiger partial charge in [-0.25, -0.2) is 0 Å². The summed E-state index contributed by atoms with van der Waals surface area (Å²) < 4.78 is 0. The first-order valence-corrected chi connectivity index (χ1v) is 8.87. The minimum Gasteiger partial charge on any atom is -0.340 e. The number of hydrogen-bond donors (Lipinski definition) is 2. The number of carbonyl (C=O) groups is 1. The summed E-state index contributed by atoms with van der Waals surface area (Å²) in [6.07, 6.45) is 0. The van der Waals surface area contributed by atoms with Gasteiger partial charge in [-0.2, -0.15) is 0 Å². The second-order valence-electron chi connectivity index (χ2n) is 5.74. The molecule has 0 aliphatic carbocycles. The maximum Gasteiger partial charge on any atom is 0.243 e. The minimum atomic E-state index is -0.109. The summed E-state index contributed by atoms with van der Waals surface area (Å²) in [6.45, 7) is 6.68. The maximum atomic E-state index is 12.4. The van der Waals surface area contributed by atoms with E-state index >= 15 is 0 Å². The van der Waals surface area contributed by atoms with E-state index in [2.05, 4.69) is 10.6 Å². The molecule has 25 heavy (non-hydrogen) atoms. The van der Waals surface area contributed by atoms with Gasteiger partial charge >= 0.3 is 0 Å². The average molecular weight is 376 g/mol. The van der Waals surface area contributed by atoms with E-state index in [0.29, 0.717) is 16.7 Å². The predicted molar refractivity (Wildman–Crippen MR) is 109 cm³/mol. The van der Waals surface area contributed by atoms with Gasteiger partial charge in [0.05, 0.1) is 17.3 Å². The maximum absolute atomic E-state index is 12.4. The first-order valence-electron chi connectivity index (χ1n) is 8.09. The molecule has 0 aliphatic heterocycles. The molecule has 0 saturated heterocycles. The number of likely N-dealkylation sites (N-methyl/N-ethyl adjacent to an activating group) is 1. The van der Waals surface area contributed by atoms with E-state index in [1.165, 1.54) is 0 Å². The molecular formula is C19H22ClN3OS. The molecule has 0 saturated carbocycles. The van der Waals surface area contributed by atoms with Crippen molar-refractivity contribution in [3.63, 3.8) is 0 Å². The Balaban J connectivity index is 2.02. The smallest absolute Gasteiger partial charge is 0.243 e. The number of amides is 1. The van der Waals surface area contributed by atoms with Crippen LogP contribution in [0.3, 0.4) is 0 Å². The monoisotopic (exact) mass is 375 g/mol. The number of benzene rings is 2. The molecule has 132 valence electrons. The third-order valence-corrected chi connectivity index (χ3v) is 4.55. The Morgan fingerprint density at radius 1 is 1.08 bits per heavy atom. The van der Waals surface area contributed by atoms with Crippen molar-refractivity contribution in [2.45, 2.75) is 20.8 Å². The number of nitrogens with zero attached hydrogens (tertiary/aromatic N) is 1. The molecular weight excluding hydrogens is 354 g/mol. The van der Waals surface area contributed by atoms with E-state index in [0.717, 1.165) is 22.5 Å². The lowest BCUT2D eigenvalue weighted by atomic mass is 10.1. The van der Waals surface area contributed by atoms with Gasteiger partial charge in [0.25, 0.3) is 0 Å². The van der Waals surface area contributed by atoms with Crippen LogP contribution in [-0.4, -0.2) is 29.0 Å². The molecule has 0 bridgehead atoms. The van der Waals surface area contributed by atoms with E-state index in [-0.39, 0.29) is 12.5 Å². The van der Waals surface area contributed by atoms with Gasteiger partial charge in [0, 0.05) is 12.2 Å². The Hall–Kier alpha value is -2.11. The Kier molecular flexibility index (Phi) is 6.79. The van der Waals surface area contributed by atoms with E-state index in [9.17, 15) is 4.79 Å². The number of thiocarbonyl (C=S) groups is 1. The molecule has 1 amide bonds. The molecule has 4 nitrogen and oxygen atoms in total. The number of para-hydroxylation sites is 2. The molecule has 0 aliphatic rings. The Morgan fingerprint density at radius 3 is 2.32 bits per heavy atom. The molecule has 2 aromatic rings. The van der Waals surface area contributed by atoms with Crippen molar-refractivity contribution in [1.82, 2.24) is 4.90 Å². The van der Waals surface area contributed by atoms with E-state index in [1.54, 1.807) is 11.0 Å². The quantitative estimate of drug-likeness (QED) is 0.749. The van der Waals surface area contributed by atoms with E-state index in [4.69, 9.17) is 23.8 Å². The highest BCUT2D eigenvalue weighted by Crippen LogP contribution is 2.21. The molecule has 2 N–H and O–H groups in total. The summed E-state index contributed by atoms with van der Waals surface area (Å²) in [5.41, 5.74) is 3.65. The zero-order valence-corrected chi connectivity index (χ0v) is 16.2. The highest BCUT2D eigenvalue weighted by atomic mass is 35.5. The highest BCUT2D eigenvalue weighted by molar-refractivity contribution is 7.80. The summed E-state index contributed by atoms with van der Waals surface area (Å²) >= 11 is 11.6. The fraction of sp³-hybridized carbons (Fsp3) is 0.263. The lowest BCUT2D eigenvalue weighted by Crippen LogP contribution is -2.40. The molecule has 0 atom stereocenters. The fourth-order valence-electron chi connectivity index (χ4n) is 2.45. The van der Waals surface area contributed by atoms with Crippen LogP contribution in [0.2, 0.25) is 5.02 Å². The first-order chi connectivity index (χ1) is 11.9. The Labute approximate surface area is 159 Å². The molecule has 6 heteroatoms. The number of rotatable bonds is 5. The van der Waals surface area contributed by atoms with Crippen LogP contribution in [0.25, 0.3) is 0 Å². The van der Waals surface area contributed by atoms with E-state index in [1.807, 2.05) is 57.2 Å². The van der Waals surface area contributed by atoms with Crippen LogP contribution in [-0.2, 0) is 4.79 Å². The topological polar surface area (TPSA) is 44.4 Å². The second kappa shape index (κ2) is 8.83. The largest absolute Gasteiger partial charge is 0.340 e. The fourth-order valence-corrected chi connectivity index (χ4v) is 2.93. The van der Waals surface area contributed by atoms with E-state index < -0.39 is 0 Å². The van der Waals surface area contributed by atoms with Crippen molar-refractivity contribution in [2.24, 2.45) is 0 Å². The van der Waals surface area contributed by atoms with Crippen molar-refractivity contribution >= 4 is 46.2 Å². The van der Waals surface area contributed by atoms with Gasteiger partial charge in [-0.1, -0.05) is 41.9 Å². The van der Waals surface area contributed by atoms with Gasteiger partial charge in [0.1, 0.15) is 0 Å². The molecule has 0 radical (unpaired) electrons. The third kappa shape index (κ3) is 5.18. The summed E-state index contributed by atoms with van der Waals surface area (Å²) in [6, 6.07) is 13.3. The van der Waals surface area contributed by atoms with Crippen molar-refractivity contribution in [3.05, 3.63) is 58.6 Å². The van der Waals surface area contributed by atoms with Crippen molar-refractivity contribution < 1.29 is 4.79 Å². The molecule has 0 spiro atoms. The van der Waals surface area contributed by atoms with Gasteiger partial charge < -0.3 is 15.5 Å². The van der Waals surface area contributed by atoms with Gasteiger partial charge in [-0.05, 0) is 56.2 Å². The first kappa shape index (κ1) is 19.2. The number of carbonyl (C=O) groups excluding carboxylic acids is 1.